The first-order valence-electron chi connectivity index (χ1n) is 11.9. The summed E-state index contributed by atoms with van der Waals surface area (Å²) in [5.41, 5.74) is 3.04. The van der Waals surface area contributed by atoms with Gasteiger partial charge in [-0.25, -0.2) is 21.8 Å². The number of thiazole rings is 1. The molecule has 5 rings (SSSR count). The summed E-state index contributed by atoms with van der Waals surface area (Å²) in [6.07, 6.45) is 1.51. The number of benzene rings is 4. The molecule has 0 amide bonds. The molecule has 0 bridgehead atoms. The van der Waals surface area contributed by atoms with Gasteiger partial charge < -0.3 is 0 Å². The molecule has 1 heterocycles. The van der Waals surface area contributed by atoms with Crippen LogP contribution in [0.15, 0.2) is 118 Å². The van der Waals surface area contributed by atoms with Crippen molar-refractivity contribution in [2.24, 2.45) is 0 Å². The van der Waals surface area contributed by atoms with E-state index >= 15 is 0 Å². The van der Waals surface area contributed by atoms with Crippen LogP contribution in [0.4, 0.5) is 16.5 Å². The van der Waals surface area contributed by atoms with E-state index in [0.29, 0.717) is 5.13 Å². The first-order chi connectivity index (χ1) is 20.3. The molecule has 0 aliphatic heterocycles. The lowest BCUT2D eigenvalue weighted by atomic mass is 10.1. The maximum absolute atomic E-state index is 12.2. The third-order valence-corrected chi connectivity index (χ3v) is 9.32. The Kier molecular flexibility index (Phi) is 9.50. The number of nitro groups is 2. The molecular formula is C27H19ClN4O8S3. The Morgan fingerprint density at radius 2 is 1.00 bits per heavy atom. The summed E-state index contributed by atoms with van der Waals surface area (Å²) >= 11 is 1.19. The van der Waals surface area contributed by atoms with Crippen LogP contribution >= 0.6 is 22.0 Å². The van der Waals surface area contributed by atoms with Crippen molar-refractivity contribution in [2.45, 2.75) is 9.79 Å². The number of hydrogen-bond acceptors (Lipinski definition) is 10. The number of hydrogen-bond donors (Lipinski definition) is 1. The number of halogens is 1. The molecule has 0 radical (unpaired) electrons. The van der Waals surface area contributed by atoms with Crippen LogP contribution in [-0.2, 0) is 19.1 Å². The highest BCUT2D eigenvalue weighted by atomic mass is 35.7. The number of nitrogens with zero attached hydrogens (tertiary/aromatic N) is 3. The van der Waals surface area contributed by atoms with Gasteiger partial charge in [0.2, 0.25) is 0 Å². The molecule has 16 heteroatoms. The van der Waals surface area contributed by atoms with Crippen molar-refractivity contribution >= 4 is 57.6 Å². The lowest BCUT2D eigenvalue weighted by Crippen LogP contribution is -2.12. The van der Waals surface area contributed by atoms with E-state index in [2.05, 4.69) is 9.71 Å². The largest absolute Gasteiger partial charge is 0.269 e. The highest BCUT2D eigenvalue weighted by molar-refractivity contribution is 8.13. The van der Waals surface area contributed by atoms with Gasteiger partial charge in [-0.15, -0.1) is 11.3 Å². The van der Waals surface area contributed by atoms with E-state index < -0.39 is 28.9 Å². The van der Waals surface area contributed by atoms with Gasteiger partial charge in [0.05, 0.1) is 19.6 Å². The average Bonchev–Trinajstić information content (AvgIpc) is 3.50. The molecule has 4 aromatic carbocycles. The van der Waals surface area contributed by atoms with E-state index in [9.17, 15) is 37.1 Å². The molecule has 43 heavy (non-hydrogen) atoms. The second-order valence-electron chi connectivity index (χ2n) is 8.54. The summed E-state index contributed by atoms with van der Waals surface area (Å²) in [5, 5.41) is 23.2. The molecule has 0 saturated carbocycles. The van der Waals surface area contributed by atoms with Crippen molar-refractivity contribution in [1.29, 1.82) is 0 Å². The second-order valence-corrected chi connectivity index (χ2v) is 13.7. The Labute approximate surface area is 254 Å². The monoisotopic (exact) mass is 658 g/mol. The fourth-order valence-electron chi connectivity index (χ4n) is 3.64. The van der Waals surface area contributed by atoms with Gasteiger partial charge in [-0.05, 0) is 70.8 Å². The van der Waals surface area contributed by atoms with E-state index in [1.807, 2.05) is 0 Å². The van der Waals surface area contributed by atoms with E-state index in [-0.39, 0.29) is 21.2 Å². The van der Waals surface area contributed by atoms with E-state index in [1.165, 1.54) is 66.1 Å². The molecule has 220 valence electrons. The van der Waals surface area contributed by atoms with Crippen LogP contribution in [0.3, 0.4) is 0 Å². The van der Waals surface area contributed by atoms with Crippen molar-refractivity contribution in [3.63, 3.8) is 0 Å². The van der Waals surface area contributed by atoms with Crippen LogP contribution in [0, 0.1) is 20.2 Å². The summed E-state index contributed by atoms with van der Waals surface area (Å²) in [5.74, 6) is 0. The number of nitro benzene ring substituents is 2. The number of non-ortho nitro benzene ring substituents is 2. The molecule has 12 nitrogen and oxygen atoms in total. The minimum atomic E-state index is -3.74. The Morgan fingerprint density at radius 3 is 1.33 bits per heavy atom. The molecule has 0 aliphatic rings. The summed E-state index contributed by atoms with van der Waals surface area (Å²) in [7, 11) is -2.22. The van der Waals surface area contributed by atoms with Crippen molar-refractivity contribution in [3.05, 3.63) is 129 Å². The average molecular weight is 659 g/mol. The summed E-state index contributed by atoms with van der Waals surface area (Å²) < 4.78 is 49.1. The van der Waals surface area contributed by atoms with Crippen LogP contribution in [0.25, 0.3) is 22.3 Å². The Hall–Kier alpha value is -4.70. The second kappa shape index (κ2) is 13.1. The smallest absolute Gasteiger partial charge is 0.258 e. The zero-order valence-corrected chi connectivity index (χ0v) is 24.8. The van der Waals surface area contributed by atoms with Crippen molar-refractivity contribution in [2.75, 3.05) is 4.72 Å². The molecule has 0 atom stereocenters. The van der Waals surface area contributed by atoms with Crippen LogP contribution in [0.2, 0.25) is 0 Å². The molecule has 5 aromatic rings. The molecule has 0 spiro atoms. The summed E-state index contributed by atoms with van der Waals surface area (Å²) in [4.78, 5) is 24.3. The SMILES string of the molecule is O=[N+]([O-])c1ccc(-c2ccc(S(=O)(=O)Cl)cc2)cc1.O=[N+]([O-])c1ccc(-c2ccc(S(=O)(=O)Nc3nccs3)cc2)cc1. The number of anilines is 1. The van der Waals surface area contributed by atoms with Crippen molar-refractivity contribution in [3.8, 4) is 22.3 Å². The first kappa shape index (κ1) is 31.2. The Bertz CT molecular complexity index is 1950. The van der Waals surface area contributed by atoms with Crippen LogP contribution in [-0.4, -0.2) is 31.7 Å². The molecular weight excluding hydrogens is 640 g/mol. The Balaban J connectivity index is 0.000000203. The third kappa shape index (κ3) is 8.20. The lowest BCUT2D eigenvalue weighted by Gasteiger charge is -2.07. The number of aromatic nitrogens is 1. The minimum absolute atomic E-state index is 0.00343. The van der Waals surface area contributed by atoms with Gasteiger partial charge in [-0.2, -0.15) is 0 Å². The molecule has 1 aromatic heterocycles. The van der Waals surface area contributed by atoms with Crippen LogP contribution in [0.1, 0.15) is 0 Å². The maximum atomic E-state index is 12.2. The van der Waals surface area contributed by atoms with Gasteiger partial charge in [0.15, 0.2) is 5.13 Å². The molecule has 0 unspecified atom stereocenters. The highest BCUT2D eigenvalue weighted by Crippen LogP contribution is 2.26. The quantitative estimate of drug-likeness (QED) is 0.108. The topological polar surface area (TPSA) is 179 Å². The van der Waals surface area contributed by atoms with E-state index in [4.69, 9.17) is 10.7 Å². The van der Waals surface area contributed by atoms with Gasteiger partial charge in [0.1, 0.15) is 0 Å². The number of nitrogens with one attached hydrogen (secondary N) is 1. The first-order valence-corrected chi connectivity index (χ1v) is 16.6. The zero-order chi connectivity index (χ0) is 31.2. The molecule has 0 saturated heterocycles. The van der Waals surface area contributed by atoms with Crippen LogP contribution in [0.5, 0.6) is 0 Å². The van der Waals surface area contributed by atoms with E-state index in [1.54, 1.807) is 53.9 Å². The normalized spacial score (nSPS) is 11.2. The molecule has 0 aliphatic carbocycles. The van der Waals surface area contributed by atoms with Gasteiger partial charge in [-0.1, -0.05) is 24.3 Å². The molecule has 1 N–H and O–H groups in total. The van der Waals surface area contributed by atoms with Gasteiger partial charge in [-0.3, -0.25) is 25.0 Å². The zero-order valence-electron chi connectivity index (χ0n) is 21.6. The minimum Gasteiger partial charge on any atom is -0.258 e. The van der Waals surface area contributed by atoms with Gasteiger partial charge in [0.25, 0.3) is 30.4 Å². The predicted molar refractivity (Wildman–Crippen MR) is 163 cm³/mol. The molecule has 0 fully saturated rings. The van der Waals surface area contributed by atoms with E-state index in [0.717, 1.165) is 22.3 Å². The van der Waals surface area contributed by atoms with Gasteiger partial charge >= 0.3 is 0 Å². The number of rotatable bonds is 8. The summed E-state index contributed by atoms with van der Waals surface area (Å²) in [6, 6.07) is 24.3. The lowest BCUT2D eigenvalue weighted by molar-refractivity contribution is -0.385. The number of sulfonamides is 1. The van der Waals surface area contributed by atoms with Crippen molar-refractivity contribution < 1.29 is 26.7 Å². The van der Waals surface area contributed by atoms with Gasteiger partial charge in [0, 0.05) is 46.5 Å². The van der Waals surface area contributed by atoms with Crippen molar-refractivity contribution in [1.82, 2.24) is 4.98 Å². The highest BCUT2D eigenvalue weighted by Gasteiger charge is 2.16. The maximum Gasteiger partial charge on any atom is 0.269 e. The fourth-order valence-corrected chi connectivity index (χ4v) is 6.19. The predicted octanol–water partition coefficient (Wildman–Crippen LogP) is 6.71. The summed E-state index contributed by atoms with van der Waals surface area (Å²) in [6.45, 7) is 0. The standard InChI is InChI=1S/C15H11N3O4S2.C12H8ClNO4S/c19-18(20)13-5-1-11(2-6-13)12-3-7-14(8-4-12)24(21,22)17-15-16-9-10-23-15;13-19(17,18)12-7-3-10(4-8-12)9-1-5-11(6-2-9)14(15)16/h1-10H,(H,16,17);1-8H. The Morgan fingerprint density at radius 1 is 0.628 bits per heavy atom. The fraction of sp³-hybridized carbons (Fsp3) is 0. The third-order valence-electron chi connectivity index (χ3n) is 5.78. The van der Waals surface area contributed by atoms with Crippen LogP contribution < -0.4 is 4.72 Å².